The van der Waals surface area contributed by atoms with E-state index < -0.39 is 6.10 Å². The Kier molecular flexibility index (Phi) is 8.59. The molecule has 1 unspecified atom stereocenters. The number of thioether (sulfide) groups is 1. The van der Waals surface area contributed by atoms with E-state index in [2.05, 4.69) is 20.6 Å². The zero-order valence-electron chi connectivity index (χ0n) is 14.2. The van der Waals surface area contributed by atoms with Crippen LogP contribution < -0.4 is 10.6 Å². The molecule has 0 amide bonds. The third-order valence-corrected chi connectivity index (χ3v) is 4.60. The number of aromatic nitrogens is 1. The lowest BCUT2D eigenvalue weighted by atomic mass is 10.1. The maximum atomic E-state index is 10.2. The molecule has 0 aliphatic carbocycles. The molecule has 0 saturated heterocycles. The van der Waals surface area contributed by atoms with Crippen LogP contribution in [-0.4, -0.2) is 41.4 Å². The average Bonchev–Trinajstić information content (AvgIpc) is 2.65. The van der Waals surface area contributed by atoms with Crippen LogP contribution in [0.15, 0.2) is 58.7 Å². The number of aliphatic imine (C=N–C) groups is 1. The van der Waals surface area contributed by atoms with Crippen molar-refractivity contribution in [1.29, 1.82) is 0 Å². The van der Waals surface area contributed by atoms with Gasteiger partial charge in [0.05, 0.1) is 12.6 Å². The Morgan fingerprint density at radius 2 is 1.92 bits per heavy atom. The summed E-state index contributed by atoms with van der Waals surface area (Å²) < 4.78 is 0. The standard InChI is InChI=1S/C18H23ClN4OS/c1-2-21-18(23-13-17(24)14-7-9-20-10-8-14)22-11-12-25-16-5-3-15(19)4-6-16/h3-10,17,24H,2,11-13H2,1H3,(H2,21,22,23). The van der Waals surface area contributed by atoms with Crippen LogP contribution in [0.1, 0.15) is 18.6 Å². The van der Waals surface area contributed by atoms with Crippen LogP contribution in [0.2, 0.25) is 5.02 Å². The van der Waals surface area contributed by atoms with Gasteiger partial charge in [0.15, 0.2) is 5.96 Å². The molecule has 0 saturated carbocycles. The van der Waals surface area contributed by atoms with E-state index in [1.807, 2.05) is 31.2 Å². The second kappa shape index (κ2) is 11.0. The molecule has 0 radical (unpaired) electrons. The molecule has 0 fully saturated rings. The van der Waals surface area contributed by atoms with Gasteiger partial charge in [-0.2, -0.15) is 0 Å². The Morgan fingerprint density at radius 1 is 1.20 bits per heavy atom. The molecule has 0 aliphatic rings. The SMILES string of the molecule is CCNC(=NCC(O)c1ccncc1)NCCSc1ccc(Cl)cc1. The molecule has 1 heterocycles. The number of nitrogens with one attached hydrogen (secondary N) is 2. The number of hydrogen-bond donors (Lipinski definition) is 3. The van der Waals surface area contributed by atoms with E-state index in [1.54, 1.807) is 36.3 Å². The van der Waals surface area contributed by atoms with Crippen LogP contribution in [0.3, 0.4) is 0 Å². The van der Waals surface area contributed by atoms with Gasteiger partial charge in [-0.25, -0.2) is 0 Å². The smallest absolute Gasteiger partial charge is 0.191 e. The van der Waals surface area contributed by atoms with Crippen molar-refractivity contribution in [2.75, 3.05) is 25.4 Å². The Morgan fingerprint density at radius 3 is 2.60 bits per heavy atom. The van der Waals surface area contributed by atoms with Crippen molar-refractivity contribution in [3.8, 4) is 0 Å². The minimum atomic E-state index is -0.637. The maximum Gasteiger partial charge on any atom is 0.191 e. The number of rotatable bonds is 8. The molecule has 1 atom stereocenters. The molecule has 2 aromatic rings. The van der Waals surface area contributed by atoms with Crippen molar-refractivity contribution in [2.45, 2.75) is 17.9 Å². The van der Waals surface area contributed by atoms with Gasteiger partial charge in [-0.05, 0) is 48.9 Å². The Hall–Kier alpha value is -1.76. The van der Waals surface area contributed by atoms with E-state index >= 15 is 0 Å². The third-order valence-electron chi connectivity index (χ3n) is 3.33. The van der Waals surface area contributed by atoms with E-state index in [9.17, 15) is 5.11 Å². The predicted molar refractivity (Wildman–Crippen MR) is 105 cm³/mol. The molecular weight excluding hydrogens is 356 g/mol. The predicted octanol–water partition coefficient (Wildman–Crippen LogP) is 3.12. The molecule has 5 nitrogen and oxygen atoms in total. The lowest BCUT2D eigenvalue weighted by Crippen LogP contribution is -2.38. The molecular formula is C18H23ClN4OS. The van der Waals surface area contributed by atoms with E-state index in [-0.39, 0.29) is 0 Å². The normalized spacial score (nSPS) is 12.7. The number of hydrogen-bond acceptors (Lipinski definition) is 4. The summed E-state index contributed by atoms with van der Waals surface area (Å²) >= 11 is 7.63. The van der Waals surface area contributed by atoms with Gasteiger partial charge in [0, 0.05) is 41.2 Å². The minimum Gasteiger partial charge on any atom is -0.386 e. The first-order chi connectivity index (χ1) is 12.2. The molecule has 1 aromatic heterocycles. The number of nitrogens with zero attached hydrogens (tertiary/aromatic N) is 2. The lowest BCUT2D eigenvalue weighted by molar-refractivity contribution is 0.187. The number of benzene rings is 1. The van der Waals surface area contributed by atoms with Gasteiger partial charge < -0.3 is 15.7 Å². The van der Waals surface area contributed by atoms with Gasteiger partial charge >= 0.3 is 0 Å². The summed E-state index contributed by atoms with van der Waals surface area (Å²) in [6.45, 7) is 3.84. The van der Waals surface area contributed by atoms with Gasteiger partial charge in [-0.1, -0.05) is 11.6 Å². The van der Waals surface area contributed by atoms with Crippen molar-refractivity contribution in [2.24, 2.45) is 4.99 Å². The second-order valence-corrected chi connectivity index (χ2v) is 6.85. The zero-order valence-corrected chi connectivity index (χ0v) is 15.7. The summed E-state index contributed by atoms with van der Waals surface area (Å²) in [4.78, 5) is 9.58. The fourth-order valence-corrected chi connectivity index (χ4v) is 2.97. The molecule has 1 aromatic carbocycles. The zero-order chi connectivity index (χ0) is 17.9. The first-order valence-electron chi connectivity index (χ1n) is 8.17. The van der Waals surface area contributed by atoms with Gasteiger partial charge in [0.2, 0.25) is 0 Å². The molecule has 0 spiro atoms. The molecule has 2 rings (SSSR count). The van der Waals surface area contributed by atoms with Crippen molar-refractivity contribution < 1.29 is 5.11 Å². The van der Waals surface area contributed by atoms with Crippen LogP contribution in [0.25, 0.3) is 0 Å². The van der Waals surface area contributed by atoms with Crippen LogP contribution in [0.5, 0.6) is 0 Å². The Bertz CT molecular complexity index is 652. The topological polar surface area (TPSA) is 69.5 Å². The maximum absolute atomic E-state index is 10.2. The van der Waals surface area contributed by atoms with Gasteiger partial charge in [0.1, 0.15) is 0 Å². The van der Waals surface area contributed by atoms with E-state index in [4.69, 9.17) is 11.6 Å². The van der Waals surface area contributed by atoms with Crippen molar-refractivity contribution in [3.63, 3.8) is 0 Å². The highest BCUT2D eigenvalue weighted by Crippen LogP contribution is 2.19. The summed E-state index contributed by atoms with van der Waals surface area (Å²) in [5.41, 5.74) is 0.813. The summed E-state index contributed by atoms with van der Waals surface area (Å²) in [5.74, 6) is 1.60. The first kappa shape index (κ1) is 19.6. The molecule has 0 aliphatic heterocycles. The highest BCUT2D eigenvalue weighted by molar-refractivity contribution is 7.99. The lowest BCUT2D eigenvalue weighted by Gasteiger charge is -2.13. The second-order valence-electron chi connectivity index (χ2n) is 5.25. The van der Waals surface area contributed by atoms with E-state index in [0.717, 1.165) is 29.4 Å². The third kappa shape index (κ3) is 7.34. The van der Waals surface area contributed by atoms with Gasteiger partial charge in [-0.3, -0.25) is 9.98 Å². The van der Waals surface area contributed by atoms with Crippen LogP contribution in [0.4, 0.5) is 0 Å². The molecule has 3 N–H and O–H groups in total. The van der Waals surface area contributed by atoms with E-state index in [0.29, 0.717) is 12.5 Å². The number of aliphatic hydroxyl groups is 1. The number of pyridine rings is 1. The number of halogens is 1. The van der Waals surface area contributed by atoms with E-state index in [1.165, 1.54) is 4.90 Å². The summed E-state index contributed by atoms with van der Waals surface area (Å²) in [5, 5.41) is 17.4. The highest BCUT2D eigenvalue weighted by atomic mass is 35.5. The monoisotopic (exact) mass is 378 g/mol. The van der Waals surface area contributed by atoms with Crippen molar-refractivity contribution >= 4 is 29.3 Å². The number of aliphatic hydroxyl groups excluding tert-OH is 1. The van der Waals surface area contributed by atoms with Crippen LogP contribution >= 0.6 is 23.4 Å². The van der Waals surface area contributed by atoms with Gasteiger partial charge in [0.25, 0.3) is 0 Å². The molecule has 7 heteroatoms. The average molecular weight is 379 g/mol. The quantitative estimate of drug-likeness (QED) is 0.285. The molecule has 134 valence electrons. The first-order valence-corrected chi connectivity index (χ1v) is 9.54. The van der Waals surface area contributed by atoms with Crippen molar-refractivity contribution in [1.82, 2.24) is 15.6 Å². The van der Waals surface area contributed by atoms with Gasteiger partial charge in [-0.15, -0.1) is 11.8 Å². The van der Waals surface area contributed by atoms with Crippen molar-refractivity contribution in [3.05, 3.63) is 59.4 Å². The summed E-state index contributed by atoms with van der Waals surface area (Å²) in [6.07, 6.45) is 2.70. The number of guanidine groups is 1. The van der Waals surface area contributed by atoms with Crippen LogP contribution in [-0.2, 0) is 0 Å². The highest BCUT2D eigenvalue weighted by Gasteiger charge is 2.07. The fraction of sp³-hybridized carbons (Fsp3) is 0.333. The summed E-state index contributed by atoms with van der Waals surface area (Å²) in [7, 11) is 0. The molecule has 0 bridgehead atoms. The molecule has 25 heavy (non-hydrogen) atoms. The fourth-order valence-electron chi connectivity index (χ4n) is 2.08. The largest absolute Gasteiger partial charge is 0.386 e. The minimum absolute atomic E-state index is 0.295. The summed E-state index contributed by atoms with van der Waals surface area (Å²) in [6, 6.07) is 11.4. The Labute approximate surface area is 157 Å². The Balaban J connectivity index is 1.78. The van der Waals surface area contributed by atoms with Crippen LogP contribution in [0, 0.1) is 0 Å².